The Kier molecular flexibility index (Phi) is 3.91. The summed E-state index contributed by atoms with van der Waals surface area (Å²) in [7, 11) is 0. The zero-order valence-corrected chi connectivity index (χ0v) is 14.2. The van der Waals surface area contributed by atoms with Crippen molar-refractivity contribution in [1.29, 1.82) is 5.26 Å². The lowest BCUT2D eigenvalue weighted by atomic mass is 10.2. The molecule has 0 N–H and O–H groups in total. The van der Waals surface area contributed by atoms with Crippen molar-refractivity contribution in [3.8, 4) is 11.8 Å². The van der Waals surface area contributed by atoms with Crippen molar-refractivity contribution in [2.24, 2.45) is 0 Å². The van der Waals surface area contributed by atoms with Gasteiger partial charge in [0.2, 0.25) is 5.16 Å². The highest BCUT2D eigenvalue weighted by Gasteiger charge is 2.17. The average molecular weight is 347 g/mol. The third-order valence-corrected chi connectivity index (χ3v) is 4.55. The molecule has 25 heavy (non-hydrogen) atoms. The summed E-state index contributed by atoms with van der Waals surface area (Å²) in [6.07, 6.45) is 3.48. The molecule has 3 aromatic heterocycles. The molecule has 122 valence electrons. The first-order valence-corrected chi connectivity index (χ1v) is 8.59. The largest absolute Gasteiger partial charge is 0.253 e. The molecule has 4 aromatic rings. The van der Waals surface area contributed by atoms with Crippen molar-refractivity contribution in [2.75, 3.05) is 0 Å². The summed E-state index contributed by atoms with van der Waals surface area (Å²) in [6, 6.07) is 13.8. The van der Waals surface area contributed by atoms with Gasteiger partial charge in [-0.05, 0) is 25.1 Å². The smallest absolute Gasteiger partial charge is 0.235 e. The number of aromatic nitrogens is 6. The Balaban J connectivity index is 1.68. The SMILES string of the molecule is Cc1nn(-c2ccccc2)c(CSc2nc3ncccn3n2)c1C#N. The van der Waals surface area contributed by atoms with Gasteiger partial charge in [0.15, 0.2) is 0 Å². The van der Waals surface area contributed by atoms with Gasteiger partial charge in [0.1, 0.15) is 6.07 Å². The van der Waals surface area contributed by atoms with Crippen molar-refractivity contribution >= 4 is 17.5 Å². The minimum atomic E-state index is 0.537. The van der Waals surface area contributed by atoms with Crippen LogP contribution >= 0.6 is 11.8 Å². The Hall–Kier alpha value is -3.18. The summed E-state index contributed by atoms with van der Waals surface area (Å²) in [5.74, 6) is 1.09. The van der Waals surface area contributed by atoms with Crippen LogP contribution in [0.2, 0.25) is 0 Å². The average Bonchev–Trinajstić information content (AvgIpc) is 3.20. The van der Waals surface area contributed by atoms with E-state index in [0.29, 0.717) is 27.9 Å². The summed E-state index contributed by atoms with van der Waals surface area (Å²) in [4.78, 5) is 8.55. The number of hydrogen-bond acceptors (Lipinski definition) is 6. The van der Waals surface area contributed by atoms with E-state index in [-0.39, 0.29) is 0 Å². The van der Waals surface area contributed by atoms with Crippen LogP contribution in [-0.2, 0) is 5.75 Å². The normalized spacial score (nSPS) is 10.9. The number of benzene rings is 1. The van der Waals surface area contributed by atoms with Crippen molar-refractivity contribution in [1.82, 2.24) is 29.4 Å². The first-order valence-electron chi connectivity index (χ1n) is 7.60. The van der Waals surface area contributed by atoms with Gasteiger partial charge in [-0.2, -0.15) is 15.3 Å². The molecule has 0 aliphatic carbocycles. The monoisotopic (exact) mass is 347 g/mol. The van der Waals surface area contributed by atoms with Crippen LogP contribution in [0.1, 0.15) is 17.0 Å². The summed E-state index contributed by atoms with van der Waals surface area (Å²) >= 11 is 1.46. The van der Waals surface area contributed by atoms with Crippen molar-refractivity contribution in [3.05, 3.63) is 65.7 Å². The van der Waals surface area contributed by atoms with Gasteiger partial charge in [0.25, 0.3) is 5.78 Å². The maximum atomic E-state index is 9.51. The van der Waals surface area contributed by atoms with E-state index >= 15 is 0 Å². The van der Waals surface area contributed by atoms with Gasteiger partial charge in [0.05, 0.1) is 22.6 Å². The topological polar surface area (TPSA) is 84.7 Å². The Morgan fingerprint density at radius 3 is 2.76 bits per heavy atom. The van der Waals surface area contributed by atoms with E-state index in [4.69, 9.17) is 0 Å². The Labute approximate surface area is 148 Å². The van der Waals surface area contributed by atoms with E-state index in [2.05, 4.69) is 26.2 Å². The minimum Gasteiger partial charge on any atom is -0.235 e. The Morgan fingerprint density at radius 2 is 2.00 bits per heavy atom. The summed E-state index contributed by atoms with van der Waals surface area (Å²) in [5.41, 5.74) is 3.07. The molecule has 0 fully saturated rings. The zero-order valence-electron chi connectivity index (χ0n) is 13.4. The highest BCUT2D eigenvalue weighted by Crippen LogP contribution is 2.25. The van der Waals surface area contributed by atoms with Gasteiger partial charge in [-0.25, -0.2) is 14.2 Å². The fourth-order valence-corrected chi connectivity index (χ4v) is 3.37. The van der Waals surface area contributed by atoms with Gasteiger partial charge in [-0.15, -0.1) is 5.10 Å². The standard InChI is InChI=1S/C17H13N7S/c1-12-14(10-18)15(24(21-12)13-6-3-2-4-7-13)11-25-17-20-16-19-8-5-9-23(16)22-17/h2-9H,11H2,1H3. The molecule has 3 heterocycles. The summed E-state index contributed by atoms with van der Waals surface area (Å²) in [5, 5.41) is 19.0. The molecular weight excluding hydrogens is 334 g/mol. The molecule has 8 heteroatoms. The van der Waals surface area contributed by atoms with Gasteiger partial charge in [-0.1, -0.05) is 30.0 Å². The molecule has 0 atom stereocenters. The number of thioether (sulfide) groups is 1. The predicted molar refractivity (Wildman–Crippen MR) is 93.4 cm³/mol. The number of para-hydroxylation sites is 1. The molecule has 4 rings (SSSR count). The molecule has 0 amide bonds. The highest BCUT2D eigenvalue weighted by atomic mass is 32.2. The minimum absolute atomic E-state index is 0.537. The molecule has 0 saturated heterocycles. The fourth-order valence-electron chi connectivity index (χ4n) is 2.54. The highest BCUT2D eigenvalue weighted by molar-refractivity contribution is 7.98. The number of nitrogens with zero attached hydrogens (tertiary/aromatic N) is 7. The lowest BCUT2D eigenvalue weighted by Gasteiger charge is -2.06. The van der Waals surface area contributed by atoms with Crippen LogP contribution in [0, 0.1) is 18.3 Å². The predicted octanol–water partition coefficient (Wildman–Crippen LogP) is 2.78. The molecule has 0 aliphatic heterocycles. The van der Waals surface area contributed by atoms with Crippen LogP contribution < -0.4 is 0 Å². The first kappa shape index (κ1) is 15.4. The molecule has 0 bridgehead atoms. The third-order valence-electron chi connectivity index (χ3n) is 3.70. The molecule has 0 spiro atoms. The van der Waals surface area contributed by atoms with Crippen molar-refractivity contribution in [3.63, 3.8) is 0 Å². The molecule has 0 saturated carbocycles. The van der Waals surface area contributed by atoms with Crippen molar-refractivity contribution in [2.45, 2.75) is 17.8 Å². The second kappa shape index (κ2) is 6.37. The van der Waals surface area contributed by atoms with Crippen LogP contribution in [0.3, 0.4) is 0 Å². The molecule has 1 aromatic carbocycles. The van der Waals surface area contributed by atoms with Crippen LogP contribution in [0.5, 0.6) is 0 Å². The first-order chi connectivity index (χ1) is 12.3. The van der Waals surface area contributed by atoms with Gasteiger partial charge in [0, 0.05) is 18.1 Å². The number of fused-ring (bicyclic) bond motifs is 1. The maximum absolute atomic E-state index is 9.51. The molecule has 0 unspecified atom stereocenters. The number of nitriles is 1. The fraction of sp³-hybridized carbons (Fsp3) is 0.118. The molecule has 0 aliphatic rings. The van der Waals surface area contributed by atoms with Crippen LogP contribution in [-0.4, -0.2) is 29.4 Å². The van der Waals surface area contributed by atoms with Gasteiger partial charge < -0.3 is 0 Å². The van der Waals surface area contributed by atoms with Gasteiger partial charge in [-0.3, -0.25) is 0 Å². The Morgan fingerprint density at radius 1 is 1.16 bits per heavy atom. The lowest BCUT2D eigenvalue weighted by Crippen LogP contribution is -2.02. The van der Waals surface area contributed by atoms with E-state index in [0.717, 1.165) is 11.4 Å². The number of rotatable bonds is 4. The second-order valence-electron chi connectivity index (χ2n) is 5.31. The van der Waals surface area contributed by atoms with E-state index in [1.807, 2.05) is 41.9 Å². The van der Waals surface area contributed by atoms with Gasteiger partial charge >= 0.3 is 0 Å². The van der Waals surface area contributed by atoms with E-state index < -0.39 is 0 Å². The summed E-state index contributed by atoms with van der Waals surface area (Å²) in [6.45, 7) is 1.85. The van der Waals surface area contributed by atoms with Crippen molar-refractivity contribution < 1.29 is 0 Å². The van der Waals surface area contributed by atoms with E-state index in [1.54, 1.807) is 23.0 Å². The quantitative estimate of drug-likeness (QED) is 0.528. The van der Waals surface area contributed by atoms with Crippen LogP contribution in [0.4, 0.5) is 0 Å². The van der Waals surface area contributed by atoms with Crippen LogP contribution in [0.15, 0.2) is 53.9 Å². The third kappa shape index (κ3) is 2.86. The zero-order chi connectivity index (χ0) is 17.2. The van der Waals surface area contributed by atoms with Crippen LogP contribution in [0.25, 0.3) is 11.5 Å². The number of hydrogen-bond donors (Lipinski definition) is 0. The Bertz CT molecular complexity index is 1040. The van der Waals surface area contributed by atoms with E-state index in [9.17, 15) is 5.26 Å². The molecule has 7 nitrogen and oxygen atoms in total. The number of aryl methyl sites for hydroxylation is 1. The van der Waals surface area contributed by atoms with E-state index in [1.165, 1.54) is 11.8 Å². The lowest BCUT2D eigenvalue weighted by molar-refractivity contribution is 0.826. The maximum Gasteiger partial charge on any atom is 0.253 e. The molecule has 0 radical (unpaired) electrons. The second-order valence-corrected chi connectivity index (χ2v) is 6.26. The summed E-state index contributed by atoms with van der Waals surface area (Å²) < 4.78 is 3.45. The molecular formula is C17H13N7S.